The first-order chi connectivity index (χ1) is 8.75. The van der Waals surface area contributed by atoms with Crippen LogP contribution in [0.3, 0.4) is 0 Å². The van der Waals surface area contributed by atoms with Gasteiger partial charge in [0.1, 0.15) is 11.7 Å². The summed E-state index contributed by atoms with van der Waals surface area (Å²) in [7, 11) is 0. The lowest BCUT2D eigenvalue weighted by molar-refractivity contribution is 0.102. The molecule has 1 heterocycles. The highest BCUT2D eigenvalue weighted by Gasteiger charge is 2.49. The summed E-state index contributed by atoms with van der Waals surface area (Å²) in [6, 6.07) is 13.6. The van der Waals surface area contributed by atoms with Crippen molar-refractivity contribution in [2.75, 3.05) is 0 Å². The van der Waals surface area contributed by atoms with Gasteiger partial charge in [-0.15, -0.1) is 0 Å². The number of hydrogen-bond acceptors (Lipinski definition) is 2. The number of hydrogen-bond donors (Lipinski definition) is 0. The van der Waals surface area contributed by atoms with E-state index in [9.17, 15) is 4.79 Å². The molecule has 86 valence electrons. The van der Waals surface area contributed by atoms with Crippen LogP contribution in [0.4, 0.5) is 0 Å². The fourth-order valence-electron chi connectivity index (χ4n) is 2.63. The Kier molecular flexibility index (Phi) is 1.77. The lowest BCUT2D eigenvalue weighted by atomic mass is 9.94. The molecule has 0 atom stereocenters. The second kappa shape index (κ2) is 3.22. The molecule has 2 nitrogen and oxygen atoms in total. The summed E-state index contributed by atoms with van der Waals surface area (Å²) in [6.07, 6.45) is 0.719. The lowest BCUT2D eigenvalue weighted by Crippen LogP contribution is -2.09. The molecule has 0 bridgehead atoms. The Balaban J connectivity index is 1.91. The first kappa shape index (κ1) is 9.89. The molecule has 0 saturated heterocycles. The predicted octanol–water partition coefficient (Wildman–Crippen LogP) is 3.09. The van der Waals surface area contributed by atoms with Crippen LogP contribution >= 0.6 is 0 Å². The maximum atomic E-state index is 12.4. The molecule has 0 N–H and O–H groups in total. The Hall–Kier alpha value is -2.09. The number of fused-ring (bicyclic) bond motifs is 5. The normalized spacial score (nSPS) is 17.3. The van der Waals surface area contributed by atoms with Gasteiger partial charge in [0.05, 0.1) is 0 Å². The Bertz CT molecular complexity index is 673. The van der Waals surface area contributed by atoms with Gasteiger partial charge in [-0.1, -0.05) is 36.4 Å². The first-order valence-corrected chi connectivity index (χ1v) is 5.93. The van der Waals surface area contributed by atoms with Crippen LogP contribution in [-0.2, 0) is 0 Å². The summed E-state index contributed by atoms with van der Waals surface area (Å²) in [5.74, 6) is 1.58. The summed E-state index contributed by atoms with van der Waals surface area (Å²) in [4.78, 5) is 12.4. The number of ketones is 1. The van der Waals surface area contributed by atoms with Gasteiger partial charge < -0.3 is 4.74 Å². The number of aryl methyl sites for hydroxylation is 1. The molecular weight excluding hydrogens is 224 g/mol. The van der Waals surface area contributed by atoms with Gasteiger partial charge in [0.15, 0.2) is 11.9 Å². The highest BCUT2D eigenvalue weighted by atomic mass is 16.5. The van der Waals surface area contributed by atoms with E-state index in [4.69, 9.17) is 4.74 Å². The highest BCUT2D eigenvalue weighted by molar-refractivity contribution is 6.18. The topological polar surface area (TPSA) is 26.3 Å². The van der Waals surface area contributed by atoms with Gasteiger partial charge in [-0.3, -0.25) is 4.79 Å². The van der Waals surface area contributed by atoms with Crippen molar-refractivity contribution >= 4 is 5.78 Å². The minimum Gasteiger partial charge on any atom is -0.476 e. The van der Waals surface area contributed by atoms with E-state index < -0.39 is 0 Å². The minimum atomic E-state index is 0.0724. The van der Waals surface area contributed by atoms with E-state index in [1.54, 1.807) is 0 Å². The fourth-order valence-corrected chi connectivity index (χ4v) is 2.63. The van der Waals surface area contributed by atoms with Crippen molar-refractivity contribution in [2.24, 2.45) is 0 Å². The predicted molar refractivity (Wildman–Crippen MR) is 67.3 cm³/mol. The van der Waals surface area contributed by atoms with Crippen LogP contribution in [0.2, 0.25) is 0 Å². The molecule has 2 aromatic carbocycles. The number of carbonyl (C=O) groups is 1. The van der Waals surface area contributed by atoms with Crippen LogP contribution in [0.25, 0.3) is 0 Å². The number of carbonyl (C=O) groups excluding carboxylic acids is 1. The summed E-state index contributed by atoms with van der Waals surface area (Å²) >= 11 is 0. The van der Waals surface area contributed by atoms with E-state index in [1.807, 2.05) is 49.4 Å². The van der Waals surface area contributed by atoms with Crippen molar-refractivity contribution in [3.8, 4) is 5.75 Å². The van der Waals surface area contributed by atoms with Crippen LogP contribution in [0.1, 0.15) is 27.0 Å². The number of Topliss-reactive ketones (excluding diaryl/α,β-unsaturated/α-hetero) is 1. The van der Waals surface area contributed by atoms with Gasteiger partial charge in [0.2, 0.25) is 0 Å². The maximum Gasteiger partial charge on any atom is 0.198 e. The molecular formula is C16H10O2. The van der Waals surface area contributed by atoms with E-state index in [0.29, 0.717) is 5.92 Å². The molecule has 2 radical (unpaired) electrons. The second-order valence-corrected chi connectivity index (χ2v) is 4.68. The van der Waals surface area contributed by atoms with Crippen molar-refractivity contribution in [2.45, 2.75) is 6.92 Å². The molecule has 0 amide bonds. The van der Waals surface area contributed by atoms with Gasteiger partial charge in [-0.25, -0.2) is 0 Å². The number of ether oxygens (including phenoxy) is 1. The van der Waals surface area contributed by atoms with E-state index in [0.717, 1.165) is 34.1 Å². The number of benzene rings is 2. The molecule has 2 heteroatoms. The summed E-state index contributed by atoms with van der Waals surface area (Å²) < 4.78 is 5.87. The SMILES string of the molecule is Cc1ccc2c(c1)O[C]1[C]2C(=O)c2ccccc21. The Labute approximate surface area is 105 Å². The summed E-state index contributed by atoms with van der Waals surface area (Å²) in [5.41, 5.74) is 3.70. The summed E-state index contributed by atoms with van der Waals surface area (Å²) in [6.45, 7) is 2.02. The largest absolute Gasteiger partial charge is 0.476 e. The van der Waals surface area contributed by atoms with Crippen molar-refractivity contribution in [3.63, 3.8) is 0 Å². The first-order valence-electron chi connectivity index (χ1n) is 5.93. The van der Waals surface area contributed by atoms with Crippen molar-refractivity contribution in [1.29, 1.82) is 0 Å². The molecule has 0 fully saturated rings. The average molecular weight is 234 g/mol. The fraction of sp³-hybridized carbons (Fsp3) is 0.0625. The molecule has 0 saturated carbocycles. The van der Waals surface area contributed by atoms with E-state index in [1.165, 1.54) is 0 Å². The molecule has 2 aromatic rings. The third-order valence-electron chi connectivity index (χ3n) is 3.49. The lowest BCUT2D eigenvalue weighted by Gasteiger charge is -2.07. The van der Waals surface area contributed by atoms with Gasteiger partial charge in [-0.05, 0) is 18.6 Å². The number of rotatable bonds is 0. The average Bonchev–Trinajstić information content (AvgIpc) is 2.87. The van der Waals surface area contributed by atoms with E-state index >= 15 is 0 Å². The molecule has 0 unspecified atom stereocenters. The van der Waals surface area contributed by atoms with Crippen LogP contribution in [-0.4, -0.2) is 5.78 Å². The van der Waals surface area contributed by atoms with Crippen LogP contribution in [0.15, 0.2) is 42.5 Å². The van der Waals surface area contributed by atoms with Crippen molar-refractivity contribution < 1.29 is 9.53 Å². The van der Waals surface area contributed by atoms with E-state index in [-0.39, 0.29) is 5.78 Å². The van der Waals surface area contributed by atoms with Gasteiger partial charge in [0, 0.05) is 16.7 Å². The maximum absolute atomic E-state index is 12.4. The zero-order valence-corrected chi connectivity index (χ0v) is 9.86. The Morgan fingerprint density at radius 2 is 1.72 bits per heavy atom. The zero-order valence-electron chi connectivity index (χ0n) is 9.86. The molecule has 1 aliphatic heterocycles. The van der Waals surface area contributed by atoms with Crippen LogP contribution in [0, 0.1) is 18.9 Å². The summed E-state index contributed by atoms with van der Waals surface area (Å²) in [5, 5.41) is 0. The van der Waals surface area contributed by atoms with E-state index in [2.05, 4.69) is 0 Å². The van der Waals surface area contributed by atoms with Gasteiger partial charge in [0.25, 0.3) is 0 Å². The molecule has 4 rings (SSSR count). The smallest absolute Gasteiger partial charge is 0.198 e. The van der Waals surface area contributed by atoms with Crippen molar-refractivity contribution in [3.05, 3.63) is 76.7 Å². The minimum absolute atomic E-state index is 0.0724. The third-order valence-corrected chi connectivity index (χ3v) is 3.49. The quantitative estimate of drug-likeness (QED) is 0.700. The molecule has 1 aliphatic carbocycles. The van der Waals surface area contributed by atoms with Crippen LogP contribution in [0.5, 0.6) is 5.75 Å². The van der Waals surface area contributed by atoms with Gasteiger partial charge >= 0.3 is 0 Å². The standard InChI is InChI=1S/C16H10O2/c1-9-6-7-12-13(8-9)18-16-11-5-3-2-4-10(11)15(17)14(12)16/h2-8H,1H3. The molecule has 0 spiro atoms. The highest BCUT2D eigenvalue weighted by Crippen LogP contribution is 2.51. The van der Waals surface area contributed by atoms with Crippen molar-refractivity contribution in [1.82, 2.24) is 0 Å². The Morgan fingerprint density at radius 1 is 0.944 bits per heavy atom. The molecule has 2 aliphatic rings. The van der Waals surface area contributed by atoms with Gasteiger partial charge in [-0.2, -0.15) is 0 Å². The Morgan fingerprint density at radius 3 is 2.56 bits per heavy atom. The zero-order chi connectivity index (χ0) is 12.3. The van der Waals surface area contributed by atoms with Crippen LogP contribution < -0.4 is 4.74 Å². The molecule has 0 aromatic heterocycles. The monoisotopic (exact) mass is 234 g/mol. The third kappa shape index (κ3) is 1.10. The molecule has 18 heavy (non-hydrogen) atoms. The second-order valence-electron chi connectivity index (χ2n) is 4.68.